The zero-order valence-electron chi connectivity index (χ0n) is 15.7. The summed E-state index contributed by atoms with van der Waals surface area (Å²) in [5, 5.41) is 0. The largest absolute Gasteiger partial charge is 0.283 e. The quantitative estimate of drug-likeness (QED) is 0.457. The Balaban J connectivity index is 2.07. The third-order valence-electron chi connectivity index (χ3n) is 4.64. The second-order valence-electron chi connectivity index (χ2n) is 6.63. The minimum absolute atomic E-state index is 0.0349. The van der Waals surface area contributed by atoms with Crippen LogP contribution in [-0.4, -0.2) is 4.57 Å². The molecular weight excluding hydrogens is 357 g/mol. The van der Waals surface area contributed by atoms with E-state index in [-0.39, 0.29) is 11.4 Å². The highest BCUT2D eigenvalue weighted by atomic mass is 32.2. The maximum Gasteiger partial charge on any atom is 0.269 e. The molecule has 0 aliphatic rings. The minimum atomic E-state index is -0.272. The molecule has 4 heteroatoms. The molecule has 0 aliphatic heterocycles. The average molecular weight is 382 g/mol. The van der Waals surface area contributed by atoms with Crippen LogP contribution < -0.4 is 5.56 Å². The maximum absolute atomic E-state index is 13.2. The van der Waals surface area contributed by atoms with E-state index in [1.54, 1.807) is 16.7 Å². The highest BCUT2D eigenvalue weighted by Gasteiger charge is 2.15. The van der Waals surface area contributed by atoms with Gasteiger partial charge in [-0.05, 0) is 67.3 Å². The smallest absolute Gasteiger partial charge is 0.269 e. The second kappa shape index (κ2) is 9.05. The van der Waals surface area contributed by atoms with Gasteiger partial charge in [0.25, 0.3) is 5.56 Å². The van der Waals surface area contributed by atoms with Crippen molar-refractivity contribution in [2.24, 2.45) is 0 Å². The fourth-order valence-corrected chi connectivity index (χ4v) is 4.04. The van der Waals surface area contributed by atoms with E-state index in [2.05, 4.69) is 6.92 Å². The van der Waals surface area contributed by atoms with Crippen molar-refractivity contribution in [1.29, 1.82) is 0 Å². The van der Waals surface area contributed by atoms with Crippen molar-refractivity contribution in [1.82, 2.24) is 4.57 Å². The molecule has 0 saturated heterocycles. The predicted octanol–water partition coefficient (Wildman–Crippen LogP) is 6.17. The molecule has 0 bridgehead atoms. The Kier molecular flexibility index (Phi) is 6.51. The highest BCUT2D eigenvalue weighted by Crippen LogP contribution is 2.30. The lowest BCUT2D eigenvalue weighted by molar-refractivity contribution is 0.626. The Morgan fingerprint density at radius 1 is 1.00 bits per heavy atom. The Bertz CT molecular complexity index is 949. The van der Waals surface area contributed by atoms with Crippen LogP contribution in [0.4, 0.5) is 4.39 Å². The molecular formula is C23H24FNOS. The number of hydrogen-bond acceptors (Lipinski definition) is 2. The summed E-state index contributed by atoms with van der Waals surface area (Å²) in [5.74, 6) is -0.272. The number of hydrogen-bond donors (Lipinski definition) is 0. The molecule has 0 spiro atoms. The van der Waals surface area contributed by atoms with Crippen molar-refractivity contribution in [3.63, 3.8) is 0 Å². The summed E-state index contributed by atoms with van der Waals surface area (Å²) in [4.78, 5) is 14.8. The Hall–Kier alpha value is -2.33. The maximum atomic E-state index is 13.2. The first-order valence-corrected chi connectivity index (χ1v) is 10.2. The minimum Gasteiger partial charge on any atom is -0.283 e. The van der Waals surface area contributed by atoms with Gasteiger partial charge >= 0.3 is 0 Å². The topological polar surface area (TPSA) is 22.0 Å². The van der Waals surface area contributed by atoms with Gasteiger partial charge in [0.15, 0.2) is 0 Å². The van der Waals surface area contributed by atoms with Crippen LogP contribution in [0, 0.1) is 12.7 Å². The van der Waals surface area contributed by atoms with E-state index in [1.165, 1.54) is 35.9 Å². The van der Waals surface area contributed by atoms with Gasteiger partial charge in [0.05, 0.1) is 4.90 Å². The molecule has 3 aromatic rings. The zero-order valence-corrected chi connectivity index (χ0v) is 16.6. The van der Waals surface area contributed by atoms with Gasteiger partial charge in [-0.15, -0.1) is 0 Å². The van der Waals surface area contributed by atoms with Gasteiger partial charge in [-0.25, -0.2) is 4.39 Å². The van der Waals surface area contributed by atoms with Crippen molar-refractivity contribution in [2.45, 2.75) is 49.3 Å². The summed E-state index contributed by atoms with van der Waals surface area (Å²) < 4.78 is 15.0. The predicted molar refractivity (Wildman–Crippen MR) is 111 cm³/mol. The first-order chi connectivity index (χ1) is 13.1. The lowest BCUT2D eigenvalue weighted by Crippen LogP contribution is -2.22. The van der Waals surface area contributed by atoms with E-state index in [0.717, 1.165) is 35.4 Å². The highest BCUT2D eigenvalue weighted by molar-refractivity contribution is 7.99. The van der Waals surface area contributed by atoms with E-state index >= 15 is 0 Å². The lowest BCUT2D eigenvalue weighted by Gasteiger charge is -2.16. The number of pyridine rings is 1. The Morgan fingerprint density at radius 3 is 2.37 bits per heavy atom. The van der Waals surface area contributed by atoms with E-state index in [1.807, 2.05) is 43.5 Å². The molecule has 0 aliphatic carbocycles. The van der Waals surface area contributed by atoms with Crippen molar-refractivity contribution < 1.29 is 4.39 Å². The number of para-hydroxylation sites is 1. The molecule has 0 unspecified atom stereocenters. The summed E-state index contributed by atoms with van der Waals surface area (Å²) in [6.45, 7) is 4.21. The van der Waals surface area contributed by atoms with E-state index in [9.17, 15) is 9.18 Å². The molecule has 3 rings (SSSR count). The van der Waals surface area contributed by atoms with Crippen LogP contribution in [0.1, 0.15) is 37.3 Å². The van der Waals surface area contributed by atoms with Gasteiger partial charge in [-0.2, -0.15) is 0 Å². The van der Waals surface area contributed by atoms with Crippen molar-refractivity contribution >= 4 is 11.8 Å². The molecule has 0 saturated carbocycles. The number of rotatable bonds is 7. The number of unbranched alkanes of at least 4 members (excludes halogenated alkanes) is 2. The first kappa shape index (κ1) is 19.4. The molecule has 27 heavy (non-hydrogen) atoms. The monoisotopic (exact) mass is 381 g/mol. The third kappa shape index (κ3) is 4.69. The summed E-state index contributed by atoms with van der Waals surface area (Å²) in [5.41, 5.74) is 3.04. The van der Waals surface area contributed by atoms with Crippen molar-refractivity contribution in [2.75, 3.05) is 0 Å². The summed E-state index contributed by atoms with van der Waals surface area (Å²) >= 11 is 1.41. The Morgan fingerprint density at radius 2 is 1.70 bits per heavy atom. The number of nitrogens with zero attached hydrogens (tertiary/aromatic N) is 1. The normalized spacial score (nSPS) is 10.9. The van der Waals surface area contributed by atoms with Gasteiger partial charge in [0.2, 0.25) is 0 Å². The fourth-order valence-electron chi connectivity index (χ4n) is 3.07. The van der Waals surface area contributed by atoms with E-state index < -0.39 is 0 Å². The lowest BCUT2D eigenvalue weighted by atomic mass is 10.0. The molecule has 140 valence electrons. The molecule has 0 N–H and O–H groups in total. The summed E-state index contributed by atoms with van der Waals surface area (Å²) in [6.07, 6.45) is 6.37. The Labute approximate surface area is 164 Å². The molecule has 2 nitrogen and oxygen atoms in total. The van der Waals surface area contributed by atoms with E-state index in [0.29, 0.717) is 4.90 Å². The van der Waals surface area contributed by atoms with Crippen molar-refractivity contribution in [3.05, 3.63) is 88.1 Å². The van der Waals surface area contributed by atoms with Crippen LogP contribution in [0.2, 0.25) is 0 Å². The fraction of sp³-hybridized carbons (Fsp3) is 0.261. The van der Waals surface area contributed by atoms with Crippen LogP contribution in [0.3, 0.4) is 0 Å². The number of benzene rings is 2. The van der Waals surface area contributed by atoms with Crippen LogP contribution in [0.15, 0.2) is 75.4 Å². The first-order valence-electron chi connectivity index (χ1n) is 9.34. The van der Waals surface area contributed by atoms with Crippen LogP contribution in [-0.2, 0) is 6.42 Å². The van der Waals surface area contributed by atoms with E-state index in [4.69, 9.17) is 0 Å². The molecule has 0 amide bonds. The standard InChI is InChI=1S/C23H24FNOS/c1-3-4-6-9-18-16-25(20-10-7-5-8-11-20)23(26)22(17(18)2)27-21-14-12-19(24)13-15-21/h5,7-8,10-16H,3-4,6,9H2,1-2H3. The molecule has 1 heterocycles. The second-order valence-corrected chi connectivity index (χ2v) is 7.72. The van der Waals surface area contributed by atoms with Crippen molar-refractivity contribution in [3.8, 4) is 5.69 Å². The molecule has 1 aromatic heterocycles. The van der Waals surface area contributed by atoms with Crippen LogP contribution >= 0.6 is 11.8 Å². The summed E-state index contributed by atoms with van der Waals surface area (Å²) in [7, 11) is 0. The summed E-state index contributed by atoms with van der Waals surface area (Å²) in [6, 6.07) is 16.0. The van der Waals surface area contributed by atoms with Gasteiger partial charge in [-0.3, -0.25) is 9.36 Å². The number of halogens is 1. The van der Waals surface area contributed by atoms with Gasteiger partial charge < -0.3 is 0 Å². The van der Waals surface area contributed by atoms with Gasteiger partial charge in [-0.1, -0.05) is 49.7 Å². The third-order valence-corrected chi connectivity index (χ3v) is 5.83. The molecule has 2 aromatic carbocycles. The SMILES string of the molecule is CCCCCc1cn(-c2ccccc2)c(=O)c(Sc2ccc(F)cc2)c1C. The number of aryl methyl sites for hydroxylation is 1. The molecule has 0 fully saturated rings. The van der Waals surface area contributed by atoms with Crippen LogP contribution in [0.25, 0.3) is 5.69 Å². The average Bonchev–Trinajstić information content (AvgIpc) is 2.69. The van der Waals surface area contributed by atoms with Crippen LogP contribution in [0.5, 0.6) is 0 Å². The zero-order chi connectivity index (χ0) is 19.2. The number of aromatic nitrogens is 1. The van der Waals surface area contributed by atoms with Gasteiger partial charge in [0, 0.05) is 16.8 Å². The molecule has 0 radical (unpaired) electrons. The molecule has 0 atom stereocenters. The van der Waals surface area contributed by atoms with Gasteiger partial charge in [0.1, 0.15) is 5.82 Å².